The Balaban J connectivity index is 2.06. The van der Waals surface area contributed by atoms with Crippen LogP contribution < -0.4 is 0 Å². The number of aliphatic imine (C=N–C) groups is 1. The molecule has 0 N–H and O–H groups in total. The van der Waals surface area contributed by atoms with Crippen LogP contribution >= 0.6 is 0 Å². The van der Waals surface area contributed by atoms with Crippen molar-refractivity contribution < 1.29 is 0 Å². The van der Waals surface area contributed by atoms with Gasteiger partial charge in [0.25, 0.3) is 0 Å². The zero-order valence-electron chi connectivity index (χ0n) is 13.6. The van der Waals surface area contributed by atoms with Crippen LogP contribution in [0.1, 0.15) is 71.6 Å². The van der Waals surface area contributed by atoms with Gasteiger partial charge in [-0.25, -0.2) is 0 Å². The minimum absolute atomic E-state index is 0.634. The molecule has 1 saturated heterocycles. The molecule has 1 atom stereocenters. The molecule has 116 valence electrons. The fraction of sp³-hybridized carbons (Fsp3) is 0.941. The first-order chi connectivity index (χ1) is 9.86. The van der Waals surface area contributed by atoms with Crippen LogP contribution in [0, 0.1) is 0 Å². The fourth-order valence-electron chi connectivity index (χ4n) is 3.49. The standard InChI is InChI=1S/C17H33N3/c1-3-5-13-19(14-6-4-2)17-11-8-7-10-16-18-12-9-15-20(16)17/h17H,3-15H2,1-2H3. The Labute approximate surface area is 125 Å². The summed E-state index contributed by atoms with van der Waals surface area (Å²) in [6.45, 7) is 9.44. The molecule has 0 bridgehead atoms. The molecule has 20 heavy (non-hydrogen) atoms. The summed E-state index contributed by atoms with van der Waals surface area (Å²) in [5.74, 6) is 1.41. The van der Waals surface area contributed by atoms with Crippen LogP contribution in [0.15, 0.2) is 4.99 Å². The predicted molar refractivity (Wildman–Crippen MR) is 87.3 cm³/mol. The molecule has 0 aromatic carbocycles. The molecule has 2 heterocycles. The number of unbranched alkanes of at least 4 members (excludes halogenated alkanes) is 2. The molecule has 3 heteroatoms. The number of hydrogen-bond donors (Lipinski definition) is 0. The Bertz CT molecular complexity index is 293. The molecular formula is C17H33N3. The summed E-state index contributed by atoms with van der Waals surface area (Å²) in [5, 5.41) is 0. The van der Waals surface area contributed by atoms with E-state index in [0.29, 0.717) is 6.17 Å². The predicted octanol–water partition coefficient (Wildman–Crippen LogP) is 3.89. The van der Waals surface area contributed by atoms with Crippen LogP contribution in [0.4, 0.5) is 0 Å². The Kier molecular flexibility index (Phi) is 6.85. The molecule has 2 aliphatic rings. The maximum Gasteiger partial charge on any atom is 0.100 e. The van der Waals surface area contributed by atoms with Gasteiger partial charge in [0.1, 0.15) is 5.84 Å². The Morgan fingerprint density at radius 3 is 2.55 bits per heavy atom. The second kappa shape index (κ2) is 8.66. The molecule has 0 aromatic rings. The highest BCUT2D eigenvalue weighted by molar-refractivity contribution is 5.83. The number of hydrogen-bond acceptors (Lipinski definition) is 3. The number of amidine groups is 1. The lowest BCUT2D eigenvalue weighted by molar-refractivity contribution is 0.0784. The van der Waals surface area contributed by atoms with E-state index in [9.17, 15) is 0 Å². The Morgan fingerprint density at radius 2 is 1.85 bits per heavy atom. The van der Waals surface area contributed by atoms with Crippen molar-refractivity contribution in [3.8, 4) is 0 Å². The average molecular weight is 279 g/mol. The van der Waals surface area contributed by atoms with Crippen LogP contribution in [-0.2, 0) is 0 Å². The third kappa shape index (κ3) is 4.21. The van der Waals surface area contributed by atoms with Crippen molar-refractivity contribution in [2.75, 3.05) is 26.2 Å². The smallest absolute Gasteiger partial charge is 0.100 e. The second-order valence-electron chi connectivity index (χ2n) is 6.31. The van der Waals surface area contributed by atoms with Crippen molar-refractivity contribution >= 4 is 5.84 Å². The quantitative estimate of drug-likeness (QED) is 0.704. The van der Waals surface area contributed by atoms with Crippen molar-refractivity contribution in [1.29, 1.82) is 0 Å². The van der Waals surface area contributed by atoms with Gasteiger partial charge < -0.3 is 4.90 Å². The molecular weight excluding hydrogens is 246 g/mol. The summed E-state index contributed by atoms with van der Waals surface area (Å²) in [6.07, 6.45) is 12.4. The van der Waals surface area contributed by atoms with Gasteiger partial charge in [-0.15, -0.1) is 0 Å². The summed E-state index contributed by atoms with van der Waals surface area (Å²) in [5.41, 5.74) is 0. The highest BCUT2D eigenvalue weighted by Crippen LogP contribution is 2.24. The normalized spacial score (nSPS) is 23.4. The van der Waals surface area contributed by atoms with Crippen LogP contribution in [0.3, 0.4) is 0 Å². The van der Waals surface area contributed by atoms with Gasteiger partial charge in [0.2, 0.25) is 0 Å². The van der Waals surface area contributed by atoms with E-state index in [2.05, 4.69) is 23.6 Å². The van der Waals surface area contributed by atoms with Gasteiger partial charge in [-0.2, -0.15) is 0 Å². The van der Waals surface area contributed by atoms with Crippen LogP contribution in [0.25, 0.3) is 0 Å². The number of rotatable bonds is 7. The fourth-order valence-corrected chi connectivity index (χ4v) is 3.49. The zero-order valence-corrected chi connectivity index (χ0v) is 13.6. The summed E-state index contributed by atoms with van der Waals surface area (Å²) >= 11 is 0. The lowest BCUT2D eigenvalue weighted by Crippen LogP contribution is -2.52. The molecule has 1 fully saturated rings. The average Bonchev–Trinajstić information content (AvgIpc) is 2.70. The van der Waals surface area contributed by atoms with E-state index >= 15 is 0 Å². The first-order valence-electron chi connectivity index (χ1n) is 8.90. The summed E-state index contributed by atoms with van der Waals surface area (Å²) in [7, 11) is 0. The van der Waals surface area contributed by atoms with Gasteiger partial charge in [-0.3, -0.25) is 9.89 Å². The molecule has 0 aromatic heterocycles. The molecule has 2 rings (SSSR count). The van der Waals surface area contributed by atoms with Crippen LogP contribution in [-0.4, -0.2) is 48.0 Å². The molecule has 0 amide bonds. The van der Waals surface area contributed by atoms with E-state index in [1.807, 2.05) is 0 Å². The van der Waals surface area contributed by atoms with Gasteiger partial charge in [0.05, 0.1) is 6.17 Å². The molecule has 0 saturated carbocycles. The second-order valence-corrected chi connectivity index (χ2v) is 6.31. The van der Waals surface area contributed by atoms with Crippen LogP contribution in [0.2, 0.25) is 0 Å². The number of nitrogens with zero attached hydrogens (tertiary/aromatic N) is 3. The molecule has 0 aliphatic carbocycles. The Hall–Kier alpha value is -0.570. The van der Waals surface area contributed by atoms with Crippen molar-refractivity contribution in [1.82, 2.24) is 9.80 Å². The van der Waals surface area contributed by atoms with Crippen molar-refractivity contribution in [3.63, 3.8) is 0 Å². The van der Waals surface area contributed by atoms with Gasteiger partial charge in [0, 0.05) is 32.6 Å². The molecule has 0 spiro atoms. The van der Waals surface area contributed by atoms with E-state index in [0.717, 1.165) is 6.54 Å². The molecule has 3 nitrogen and oxygen atoms in total. The van der Waals surface area contributed by atoms with Gasteiger partial charge in [-0.1, -0.05) is 26.7 Å². The SMILES string of the molecule is CCCCN(CCCC)C1CCCCC2=NCCCN21. The van der Waals surface area contributed by atoms with E-state index < -0.39 is 0 Å². The van der Waals surface area contributed by atoms with E-state index in [-0.39, 0.29) is 0 Å². The third-order valence-electron chi connectivity index (χ3n) is 4.67. The minimum atomic E-state index is 0.634. The monoisotopic (exact) mass is 279 g/mol. The third-order valence-corrected chi connectivity index (χ3v) is 4.67. The summed E-state index contributed by atoms with van der Waals surface area (Å²) in [4.78, 5) is 10.2. The van der Waals surface area contributed by atoms with E-state index in [1.165, 1.54) is 83.3 Å². The van der Waals surface area contributed by atoms with Crippen molar-refractivity contribution in [3.05, 3.63) is 0 Å². The molecule has 2 aliphatic heterocycles. The Morgan fingerprint density at radius 1 is 1.10 bits per heavy atom. The lowest BCUT2D eigenvalue weighted by atomic mass is 10.1. The van der Waals surface area contributed by atoms with Gasteiger partial charge in [-0.05, 0) is 38.5 Å². The zero-order chi connectivity index (χ0) is 14.2. The summed E-state index contributed by atoms with van der Waals surface area (Å²) in [6, 6.07) is 0. The van der Waals surface area contributed by atoms with Crippen molar-refractivity contribution in [2.24, 2.45) is 4.99 Å². The highest BCUT2D eigenvalue weighted by Gasteiger charge is 2.30. The van der Waals surface area contributed by atoms with Gasteiger partial charge >= 0.3 is 0 Å². The van der Waals surface area contributed by atoms with Gasteiger partial charge in [0.15, 0.2) is 0 Å². The molecule has 1 unspecified atom stereocenters. The van der Waals surface area contributed by atoms with E-state index in [4.69, 9.17) is 4.99 Å². The molecule has 0 radical (unpaired) electrons. The van der Waals surface area contributed by atoms with E-state index in [1.54, 1.807) is 0 Å². The van der Waals surface area contributed by atoms with Crippen LogP contribution in [0.5, 0.6) is 0 Å². The highest BCUT2D eigenvalue weighted by atomic mass is 15.4. The maximum atomic E-state index is 4.82. The first-order valence-corrected chi connectivity index (χ1v) is 8.90. The summed E-state index contributed by atoms with van der Waals surface area (Å²) < 4.78 is 0. The lowest BCUT2D eigenvalue weighted by Gasteiger charge is -2.42. The topological polar surface area (TPSA) is 18.8 Å². The van der Waals surface area contributed by atoms with Crippen molar-refractivity contribution in [2.45, 2.75) is 77.8 Å². The minimum Gasteiger partial charge on any atom is -0.345 e. The largest absolute Gasteiger partial charge is 0.345 e. The number of fused-ring (bicyclic) bond motifs is 1. The first kappa shape index (κ1) is 15.8. The maximum absolute atomic E-state index is 4.82.